The molecule has 0 aromatic heterocycles. The number of hydrogen-bond donors (Lipinski definition) is 4. The Morgan fingerprint density at radius 1 is 0.786 bits per heavy atom. The summed E-state index contributed by atoms with van der Waals surface area (Å²) in [6.07, 6.45) is 0. The van der Waals surface area contributed by atoms with Gasteiger partial charge in [-0.25, -0.2) is 0 Å². The molecule has 0 unspecified atom stereocenters. The van der Waals surface area contributed by atoms with Crippen LogP contribution in [0.25, 0.3) is 0 Å². The Morgan fingerprint density at radius 3 is 1.00 bits per heavy atom. The lowest BCUT2D eigenvalue weighted by Gasteiger charge is -2.10. The third-order valence-corrected chi connectivity index (χ3v) is 2.13. The Bertz CT molecular complexity index is 105. The van der Waals surface area contributed by atoms with E-state index in [9.17, 15) is 0 Å². The molecule has 4 nitrogen and oxygen atoms in total. The standard InChI is InChI=1S/2C5H13NO/c2*1-4(2)5(6)3-7/h2*4-5,7H,3,6H2,1-2H3/t2*5-/m11/s1. The zero-order chi connectivity index (χ0) is 11.7. The highest BCUT2D eigenvalue weighted by Gasteiger charge is 2.03. The van der Waals surface area contributed by atoms with Crippen molar-refractivity contribution in [3.05, 3.63) is 0 Å². The van der Waals surface area contributed by atoms with Crippen molar-refractivity contribution in [2.24, 2.45) is 23.3 Å². The second-order valence-electron chi connectivity index (χ2n) is 4.18. The fraction of sp³-hybridized carbons (Fsp3) is 1.00. The maximum atomic E-state index is 8.38. The van der Waals surface area contributed by atoms with Crippen LogP contribution in [0, 0.1) is 11.8 Å². The van der Waals surface area contributed by atoms with Crippen LogP contribution in [-0.4, -0.2) is 35.5 Å². The summed E-state index contributed by atoms with van der Waals surface area (Å²) in [4.78, 5) is 0. The van der Waals surface area contributed by atoms with Gasteiger partial charge in [-0.15, -0.1) is 0 Å². The number of nitrogens with two attached hydrogens (primary N) is 2. The molecule has 0 saturated carbocycles. The van der Waals surface area contributed by atoms with Crippen molar-refractivity contribution in [1.82, 2.24) is 0 Å². The summed E-state index contributed by atoms with van der Waals surface area (Å²) < 4.78 is 0. The van der Waals surface area contributed by atoms with Gasteiger partial charge in [-0.1, -0.05) is 27.7 Å². The van der Waals surface area contributed by atoms with Gasteiger partial charge in [0.05, 0.1) is 13.2 Å². The average Bonchev–Trinajstić information content (AvgIpc) is 2.15. The number of rotatable bonds is 4. The Hall–Kier alpha value is -0.160. The molecule has 0 aromatic carbocycles. The van der Waals surface area contributed by atoms with Crippen LogP contribution >= 0.6 is 0 Å². The first-order chi connectivity index (χ1) is 6.36. The average molecular weight is 206 g/mol. The Labute approximate surface area is 87.3 Å². The largest absolute Gasteiger partial charge is 0.395 e. The molecular weight excluding hydrogens is 180 g/mol. The molecule has 6 N–H and O–H groups in total. The maximum Gasteiger partial charge on any atom is 0.0585 e. The van der Waals surface area contributed by atoms with Gasteiger partial charge in [0.2, 0.25) is 0 Å². The third-order valence-electron chi connectivity index (χ3n) is 2.13. The topological polar surface area (TPSA) is 92.5 Å². The summed E-state index contributed by atoms with van der Waals surface area (Å²) in [6, 6.07) is -0.0833. The van der Waals surface area contributed by atoms with Crippen molar-refractivity contribution in [2.75, 3.05) is 13.2 Å². The van der Waals surface area contributed by atoms with Gasteiger partial charge < -0.3 is 21.7 Å². The lowest BCUT2D eigenvalue weighted by atomic mass is 10.1. The normalized spacial score (nSPS) is 15.0. The molecule has 0 bridgehead atoms. The van der Waals surface area contributed by atoms with E-state index in [1.165, 1.54) is 0 Å². The highest BCUT2D eigenvalue weighted by Crippen LogP contribution is 1.95. The van der Waals surface area contributed by atoms with Crippen molar-refractivity contribution in [3.63, 3.8) is 0 Å². The minimum Gasteiger partial charge on any atom is -0.395 e. The number of aliphatic hydroxyl groups is 2. The molecule has 0 radical (unpaired) electrons. The van der Waals surface area contributed by atoms with Crippen LogP contribution in [0.5, 0.6) is 0 Å². The van der Waals surface area contributed by atoms with Crippen molar-refractivity contribution >= 4 is 0 Å². The molecule has 4 heteroatoms. The van der Waals surface area contributed by atoms with Crippen molar-refractivity contribution in [3.8, 4) is 0 Å². The number of hydrogen-bond acceptors (Lipinski definition) is 4. The first kappa shape index (κ1) is 16.3. The lowest BCUT2D eigenvalue weighted by Crippen LogP contribution is -2.29. The molecule has 0 saturated heterocycles. The molecule has 0 fully saturated rings. The van der Waals surface area contributed by atoms with Crippen molar-refractivity contribution in [2.45, 2.75) is 39.8 Å². The minimum atomic E-state index is -0.0417. The van der Waals surface area contributed by atoms with E-state index in [2.05, 4.69) is 0 Å². The quantitative estimate of drug-likeness (QED) is 0.518. The summed E-state index contributed by atoms with van der Waals surface area (Å²) in [5, 5.41) is 16.8. The van der Waals surface area contributed by atoms with E-state index in [0.29, 0.717) is 11.8 Å². The summed E-state index contributed by atoms with van der Waals surface area (Å²) in [5.41, 5.74) is 10.7. The van der Waals surface area contributed by atoms with Crippen LogP contribution in [0.2, 0.25) is 0 Å². The summed E-state index contributed by atoms with van der Waals surface area (Å²) in [5.74, 6) is 0.787. The maximum absolute atomic E-state index is 8.38. The second-order valence-corrected chi connectivity index (χ2v) is 4.18. The number of aliphatic hydroxyl groups excluding tert-OH is 2. The second kappa shape index (κ2) is 9.40. The molecule has 0 spiro atoms. The zero-order valence-corrected chi connectivity index (χ0v) is 9.77. The predicted octanol–water partition coefficient (Wildman–Crippen LogP) is -0.0760. The zero-order valence-electron chi connectivity index (χ0n) is 9.77. The summed E-state index contributed by atoms with van der Waals surface area (Å²) in [6.45, 7) is 8.14. The van der Waals surface area contributed by atoms with E-state index in [4.69, 9.17) is 21.7 Å². The molecule has 88 valence electrons. The Morgan fingerprint density at radius 2 is 1.00 bits per heavy atom. The van der Waals surface area contributed by atoms with Gasteiger partial charge in [0.1, 0.15) is 0 Å². The monoisotopic (exact) mass is 206 g/mol. The van der Waals surface area contributed by atoms with Crippen LogP contribution in [0.1, 0.15) is 27.7 Å². The van der Waals surface area contributed by atoms with Gasteiger partial charge in [-0.05, 0) is 11.8 Å². The van der Waals surface area contributed by atoms with Crippen molar-refractivity contribution < 1.29 is 10.2 Å². The summed E-state index contributed by atoms with van der Waals surface area (Å²) in [7, 11) is 0. The fourth-order valence-electron chi connectivity index (χ4n) is 0.422. The van der Waals surface area contributed by atoms with E-state index < -0.39 is 0 Å². The van der Waals surface area contributed by atoms with Gasteiger partial charge in [0, 0.05) is 12.1 Å². The predicted molar refractivity (Wildman–Crippen MR) is 59.8 cm³/mol. The van der Waals surface area contributed by atoms with Gasteiger partial charge in [-0.2, -0.15) is 0 Å². The van der Waals surface area contributed by atoms with E-state index in [1.807, 2.05) is 27.7 Å². The Balaban J connectivity index is 0. The summed E-state index contributed by atoms with van der Waals surface area (Å²) >= 11 is 0. The molecular formula is C10H26N2O2. The first-order valence-corrected chi connectivity index (χ1v) is 5.09. The van der Waals surface area contributed by atoms with Crippen LogP contribution in [0.15, 0.2) is 0 Å². The smallest absolute Gasteiger partial charge is 0.0585 e. The van der Waals surface area contributed by atoms with Crippen LogP contribution in [0.4, 0.5) is 0 Å². The minimum absolute atomic E-state index is 0.0417. The van der Waals surface area contributed by atoms with Gasteiger partial charge >= 0.3 is 0 Å². The van der Waals surface area contributed by atoms with Gasteiger partial charge in [-0.3, -0.25) is 0 Å². The SMILES string of the molecule is CC(C)[C@H](N)CO.CC(C)[C@H](N)CO. The van der Waals surface area contributed by atoms with Crippen LogP contribution in [-0.2, 0) is 0 Å². The van der Waals surface area contributed by atoms with E-state index in [1.54, 1.807) is 0 Å². The lowest BCUT2D eigenvalue weighted by molar-refractivity contribution is 0.238. The molecule has 0 aromatic rings. The highest BCUT2D eigenvalue weighted by molar-refractivity contribution is 4.61. The van der Waals surface area contributed by atoms with E-state index >= 15 is 0 Å². The van der Waals surface area contributed by atoms with E-state index in [-0.39, 0.29) is 25.3 Å². The third kappa shape index (κ3) is 9.92. The molecule has 0 aliphatic heterocycles. The van der Waals surface area contributed by atoms with Crippen LogP contribution in [0.3, 0.4) is 0 Å². The first-order valence-electron chi connectivity index (χ1n) is 5.09. The van der Waals surface area contributed by atoms with Crippen LogP contribution < -0.4 is 11.5 Å². The molecule has 0 aliphatic carbocycles. The Kier molecular flexibility index (Phi) is 10.9. The van der Waals surface area contributed by atoms with Gasteiger partial charge in [0.15, 0.2) is 0 Å². The van der Waals surface area contributed by atoms with Gasteiger partial charge in [0.25, 0.3) is 0 Å². The molecule has 0 rings (SSSR count). The fourth-order valence-corrected chi connectivity index (χ4v) is 0.422. The molecule has 14 heavy (non-hydrogen) atoms. The molecule has 2 atom stereocenters. The van der Waals surface area contributed by atoms with Crippen molar-refractivity contribution in [1.29, 1.82) is 0 Å². The molecule has 0 aliphatic rings. The molecule has 0 amide bonds. The highest BCUT2D eigenvalue weighted by atomic mass is 16.3. The van der Waals surface area contributed by atoms with E-state index in [0.717, 1.165) is 0 Å². The molecule has 0 heterocycles.